The fourth-order valence-electron chi connectivity index (χ4n) is 3.75. The summed E-state index contributed by atoms with van der Waals surface area (Å²) in [6.07, 6.45) is -2.89. The Morgan fingerprint density at radius 2 is 1.67 bits per heavy atom. The summed E-state index contributed by atoms with van der Waals surface area (Å²) in [5, 5.41) is 20.3. The maximum absolute atomic E-state index is 13.0. The molecule has 1 aromatic heterocycles. The van der Waals surface area contributed by atoms with Crippen LogP contribution in [0.1, 0.15) is 18.4 Å². The van der Waals surface area contributed by atoms with Crippen LogP contribution in [0.2, 0.25) is 5.02 Å². The van der Waals surface area contributed by atoms with Crippen LogP contribution in [0.15, 0.2) is 47.4 Å². The number of fused-ring (bicyclic) bond motifs is 1. The number of alkyl halides is 3. The molecule has 206 valence electrons. The highest BCUT2D eigenvalue weighted by atomic mass is 35.5. The topological polar surface area (TPSA) is 140 Å². The first kappa shape index (κ1) is 28.3. The molecule has 0 atom stereocenters. The van der Waals surface area contributed by atoms with Crippen molar-refractivity contribution in [1.29, 1.82) is 5.26 Å². The fraction of sp³-hybridized carbons (Fsp3) is 0.333. The number of rotatable bonds is 5. The predicted octanol–water partition coefficient (Wildman–Crippen LogP) is 3.87. The number of aromatic nitrogens is 2. The first-order valence-corrected chi connectivity index (χ1v) is 13.5. The normalized spacial score (nSPS) is 16.2. The summed E-state index contributed by atoms with van der Waals surface area (Å²) in [6.45, 7) is 1.66. The van der Waals surface area contributed by atoms with Crippen LogP contribution in [0.25, 0.3) is 11.0 Å². The maximum Gasteiger partial charge on any atom is 0.490 e. The van der Waals surface area contributed by atoms with Crippen LogP contribution >= 0.6 is 11.6 Å². The second kappa shape index (κ2) is 11.2. The average Bonchev–Trinajstić information content (AvgIpc) is 3.72. The molecule has 2 fully saturated rings. The Kier molecular flexibility index (Phi) is 8.15. The Balaban J connectivity index is 0.000000448. The van der Waals surface area contributed by atoms with Crippen molar-refractivity contribution in [2.45, 2.75) is 30.0 Å². The van der Waals surface area contributed by atoms with Crippen LogP contribution in [0, 0.1) is 11.3 Å². The van der Waals surface area contributed by atoms with Gasteiger partial charge in [-0.15, -0.1) is 0 Å². The lowest BCUT2D eigenvalue weighted by Gasteiger charge is -2.35. The van der Waals surface area contributed by atoms with E-state index in [1.165, 1.54) is 16.4 Å². The SMILES string of the molecule is N#Cc1ccc2nc(NC3CC3)c(N3CCN(S(=O)(=O)c4ccc(Cl)cc4)CC3)nc2c1.O=C(O)C(F)(F)F. The third-order valence-corrected chi connectivity index (χ3v) is 8.09. The van der Waals surface area contributed by atoms with E-state index in [0.717, 1.165) is 18.4 Å². The van der Waals surface area contributed by atoms with E-state index >= 15 is 0 Å². The summed E-state index contributed by atoms with van der Waals surface area (Å²) >= 11 is 5.90. The number of sulfonamides is 1. The van der Waals surface area contributed by atoms with Gasteiger partial charge in [0.15, 0.2) is 11.6 Å². The molecule has 0 amide bonds. The molecule has 2 N–H and O–H groups in total. The van der Waals surface area contributed by atoms with Crippen LogP contribution in [0.3, 0.4) is 0 Å². The molecule has 1 saturated heterocycles. The summed E-state index contributed by atoms with van der Waals surface area (Å²) in [4.78, 5) is 20.8. The molecule has 1 aliphatic heterocycles. The highest BCUT2D eigenvalue weighted by Crippen LogP contribution is 2.32. The third kappa shape index (κ3) is 6.86. The zero-order valence-corrected chi connectivity index (χ0v) is 21.8. The predicted molar refractivity (Wildman–Crippen MR) is 137 cm³/mol. The quantitative estimate of drug-likeness (QED) is 0.459. The van der Waals surface area contributed by atoms with Crippen molar-refractivity contribution in [3.63, 3.8) is 0 Å². The van der Waals surface area contributed by atoms with E-state index in [1.54, 1.807) is 30.3 Å². The number of anilines is 2. The number of aliphatic carboxylic acids is 1. The number of nitrogens with zero attached hydrogens (tertiary/aromatic N) is 5. The summed E-state index contributed by atoms with van der Waals surface area (Å²) in [5.41, 5.74) is 1.90. The number of hydrogen-bond acceptors (Lipinski definition) is 8. The number of halogens is 4. The van der Waals surface area contributed by atoms with E-state index in [1.807, 2.05) is 0 Å². The minimum absolute atomic E-state index is 0.237. The van der Waals surface area contributed by atoms with Gasteiger partial charge in [0.25, 0.3) is 0 Å². The van der Waals surface area contributed by atoms with Crippen LogP contribution < -0.4 is 10.2 Å². The van der Waals surface area contributed by atoms with Crippen molar-refractivity contribution in [3.05, 3.63) is 53.1 Å². The van der Waals surface area contributed by atoms with Gasteiger partial charge in [-0.3, -0.25) is 0 Å². The average molecular weight is 583 g/mol. The number of carboxylic acid groups (broad SMARTS) is 1. The van der Waals surface area contributed by atoms with Crippen molar-refractivity contribution in [2.75, 3.05) is 36.4 Å². The van der Waals surface area contributed by atoms with E-state index in [2.05, 4.69) is 16.3 Å². The summed E-state index contributed by atoms with van der Waals surface area (Å²) < 4.78 is 59.2. The highest BCUT2D eigenvalue weighted by Gasteiger charge is 2.38. The first-order valence-electron chi connectivity index (χ1n) is 11.7. The van der Waals surface area contributed by atoms with Gasteiger partial charge in [-0.2, -0.15) is 22.7 Å². The molecule has 1 saturated carbocycles. The molecule has 1 aliphatic carbocycles. The Bertz CT molecular complexity index is 1520. The standard InChI is InChI=1S/C22H21ClN6O2S.C2HF3O2/c23-16-2-6-18(7-3-16)32(30,31)29-11-9-28(10-12-29)22-21(25-17-4-5-17)26-19-8-1-15(14-24)13-20(19)27-22;3-2(4,5)1(6)7/h1-3,6-8,13,17H,4-5,9-12H2,(H,25,26);(H,6,7). The molecule has 10 nitrogen and oxygen atoms in total. The second-order valence-corrected chi connectivity index (χ2v) is 11.2. The number of nitriles is 1. The monoisotopic (exact) mass is 582 g/mol. The minimum atomic E-state index is -5.08. The Morgan fingerprint density at radius 1 is 1.05 bits per heavy atom. The molecule has 2 aromatic carbocycles. The molecule has 0 unspecified atom stereocenters. The smallest absolute Gasteiger partial charge is 0.475 e. The van der Waals surface area contributed by atoms with Crippen molar-refractivity contribution in [2.24, 2.45) is 0 Å². The Hall–Kier alpha value is -3.67. The van der Waals surface area contributed by atoms with E-state index in [-0.39, 0.29) is 4.90 Å². The Labute approximate surface area is 226 Å². The van der Waals surface area contributed by atoms with Crippen molar-refractivity contribution in [3.8, 4) is 6.07 Å². The van der Waals surface area contributed by atoms with Gasteiger partial charge < -0.3 is 15.3 Å². The largest absolute Gasteiger partial charge is 0.490 e. The molecule has 2 aliphatic rings. The lowest BCUT2D eigenvalue weighted by atomic mass is 10.2. The van der Waals surface area contributed by atoms with Gasteiger partial charge in [-0.25, -0.2) is 23.2 Å². The maximum atomic E-state index is 13.0. The molecule has 3 aromatic rings. The molecular formula is C24H22ClF3N6O4S. The van der Waals surface area contributed by atoms with Crippen molar-refractivity contribution in [1.82, 2.24) is 14.3 Å². The molecule has 0 spiro atoms. The molecule has 15 heteroatoms. The van der Waals surface area contributed by atoms with Gasteiger partial charge >= 0.3 is 12.1 Å². The van der Waals surface area contributed by atoms with Gasteiger partial charge in [-0.05, 0) is 55.3 Å². The summed E-state index contributed by atoms with van der Waals surface area (Å²) in [7, 11) is -3.59. The molecule has 0 bridgehead atoms. The van der Waals surface area contributed by atoms with Gasteiger partial charge in [0.05, 0.1) is 27.6 Å². The highest BCUT2D eigenvalue weighted by molar-refractivity contribution is 7.89. The summed E-state index contributed by atoms with van der Waals surface area (Å²) in [6, 6.07) is 14.0. The van der Waals surface area contributed by atoms with Crippen molar-refractivity contribution < 1.29 is 31.5 Å². The third-order valence-electron chi connectivity index (χ3n) is 5.93. The van der Waals surface area contributed by atoms with Gasteiger partial charge in [0, 0.05) is 37.2 Å². The number of hydrogen-bond donors (Lipinski definition) is 2. The number of piperazine rings is 1. The van der Waals surface area contributed by atoms with Crippen molar-refractivity contribution >= 4 is 50.3 Å². The molecule has 5 rings (SSSR count). The number of carboxylic acids is 1. The van der Waals surface area contributed by atoms with Crippen LogP contribution in [-0.2, 0) is 14.8 Å². The van der Waals surface area contributed by atoms with E-state index < -0.39 is 22.2 Å². The van der Waals surface area contributed by atoms with Crippen LogP contribution in [-0.4, -0.2) is 72.2 Å². The lowest BCUT2D eigenvalue weighted by Crippen LogP contribution is -2.49. The molecule has 39 heavy (non-hydrogen) atoms. The van der Waals surface area contributed by atoms with E-state index in [0.29, 0.717) is 60.0 Å². The lowest BCUT2D eigenvalue weighted by molar-refractivity contribution is -0.192. The zero-order valence-electron chi connectivity index (χ0n) is 20.2. The molecule has 0 radical (unpaired) electrons. The van der Waals surface area contributed by atoms with Gasteiger partial charge in [-0.1, -0.05) is 11.6 Å². The first-order chi connectivity index (χ1) is 18.4. The van der Waals surface area contributed by atoms with E-state index in [4.69, 9.17) is 31.5 Å². The Morgan fingerprint density at radius 3 is 2.21 bits per heavy atom. The zero-order chi connectivity index (χ0) is 28.4. The minimum Gasteiger partial charge on any atom is -0.475 e. The summed E-state index contributed by atoms with van der Waals surface area (Å²) in [5.74, 6) is -1.35. The number of benzene rings is 2. The van der Waals surface area contributed by atoms with E-state index in [9.17, 15) is 26.9 Å². The van der Waals surface area contributed by atoms with Gasteiger partial charge in [0.1, 0.15) is 0 Å². The van der Waals surface area contributed by atoms with Crippen LogP contribution in [0.4, 0.5) is 24.8 Å². The number of nitrogens with one attached hydrogen (secondary N) is 1. The van der Waals surface area contributed by atoms with Gasteiger partial charge in [0.2, 0.25) is 10.0 Å². The number of carbonyl (C=O) groups is 1. The molecule has 2 heterocycles. The second-order valence-electron chi connectivity index (χ2n) is 8.78. The fourth-order valence-corrected chi connectivity index (χ4v) is 5.30. The van der Waals surface area contributed by atoms with Crippen LogP contribution in [0.5, 0.6) is 0 Å². The molecular weight excluding hydrogens is 561 g/mol.